The van der Waals surface area contributed by atoms with Gasteiger partial charge in [-0.15, -0.1) is 0 Å². The molecule has 0 aliphatic carbocycles. The Kier molecular flexibility index (Phi) is 6.88. The quantitative estimate of drug-likeness (QED) is 0.696. The van der Waals surface area contributed by atoms with Gasteiger partial charge in [-0.2, -0.15) is 0 Å². The summed E-state index contributed by atoms with van der Waals surface area (Å²) < 4.78 is 39.5. The van der Waals surface area contributed by atoms with Crippen molar-refractivity contribution >= 4 is 26.0 Å². The highest BCUT2D eigenvalue weighted by Gasteiger charge is 2.25. The molecule has 3 rings (SSSR count). The first-order chi connectivity index (χ1) is 13.0. The van der Waals surface area contributed by atoms with Gasteiger partial charge in [0.25, 0.3) is 0 Å². The first kappa shape index (κ1) is 20.3. The largest absolute Gasteiger partial charge is 0.496 e. The van der Waals surface area contributed by atoms with Crippen LogP contribution >= 0.6 is 15.9 Å². The number of nitrogens with one attached hydrogen (secondary N) is 1. The Bertz CT molecular complexity index is 855. The number of nitrogens with zero attached hydrogens (tertiary/aromatic N) is 1. The highest BCUT2D eigenvalue weighted by Crippen LogP contribution is 2.28. The maximum absolute atomic E-state index is 12.8. The topological polar surface area (TPSA) is 67.9 Å². The molecule has 6 nitrogen and oxygen atoms in total. The van der Waals surface area contributed by atoms with Gasteiger partial charge in [0.1, 0.15) is 5.75 Å². The number of morpholine rings is 1. The Morgan fingerprint density at radius 1 is 1.19 bits per heavy atom. The van der Waals surface area contributed by atoms with Gasteiger partial charge in [-0.25, -0.2) is 13.1 Å². The fourth-order valence-electron chi connectivity index (χ4n) is 3.11. The van der Waals surface area contributed by atoms with E-state index in [1.54, 1.807) is 19.2 Å². The number of sulfonamides is 1. The van der Waals surface area contributed by atoms with Crippen LogP contribution in [0, 0.1) is 0 Å². The molecule has 1 N–H and O–H groups in total. The Morgan fingerprint density at radius 3 is 2.52 bits per heavy atom. The van der Waals surface area contributed by atoms with Crippen LogP contribution in [0.3, 0.4) is 0 Å². The maximum atomic E-state index is 12.8. The van der Waals surface area contributed by atoms with Gasteiger partial charge in [0.2, 0.25) is 10.0 Å². The van der Waals surface area contributed by atoms with Crippen molar-refractivity contribution in [1.29, 1.82) is 0 Å². The summed E-state index contributed by atoms with van der Waals surface area (Å²) >= 11 is 3.34. The minimum Gasteiger partial charge on any atom is -0.496 e. The van der Waals surface area contributed by atoms with Gasteiger partial charge in [-0.3, -0.25) is 4.90 Å². The highest BCUT2D eigenvalue weighted by molar-refractivity contribution is 9.10. The average molecular weight is 455 g/mol. The lowest BCUT2D eigenvalue weighted by molar-refractivity contribution is 0.0172. The van der Waals surface area contributed by atoms with Gasteiger partial charge in [-0.1, -0.05) is 30.3 Å². The molecule has 8 heteroatoms. The Morgan fingerprint density at radius 2 is 1.89 bits per heavy atom. The van der Waals surface area contributed by atoms with Crippen molar-refractivity contribution in [2.24, 2.45) is 0 Å². The van der Waals surface area contributed by atoms with E-state index in [2.05, 4.69) is 25.6 Å². The van der Waals surface area contributed by atoms with Crippen LogP contribution in [0.1, 0.15) is 11.6 Å². The van der Waals surface area contributed by atoms with E-state index in [1.807, 2.05) is 30.3 Å². The third-order valence-electron chi connectivity index (χ3n) is 4.57. The Hall–Kier alpha value is -1.45. The van der Waals surface area contributed by atoms with E-state index in [0.717, 1.165) is 18.7 Å². The lowest BCUT2D eigenvalue weighted by Gasteiger charge is -2.34. The lowest BCUT2D eigenvalue weighted by atomic mass is 10.1. The third-order valence-corrected chi connectivity index (χ3v) is 6.61. The van der Waals surface area contributed by atoms with E-state index in [1.165, 1.54) is 6.07 Å². The van der Waals surface area contributed by atoms with Crippen LogP contribution in [-0.2, 0) is 14.8 Å². The average Bonchev–Trinajstić information content (AvgIpc) is 2.69. The summed E-state index contributed by atoms with van der Waals surface area (Å²) in [6.45, 7) is 3.14. The summed E-state index contributed by atoms with van der Waals surface area (Å²) in [6, 6.07) is 14.6. The second-order valence-corrected chi connectivity index (χ2v) is 8.84. The zero-order valence-electron chi connectivity index (χ0n) is 15.1. The molecule has 0 radical (unpaired) electrons. The number of hydrogen-bond donors (Lipinski definition) is 1. The molecule has 0 aromatic heterocycles. The smallest absolute Gasteiger partial charge is 0.240 e. The van der Waals surface area contributed by atoms with Crippen molar-refractivity contribution in [3.63, 3.8) is 0 Å². The fourth-order valence-corrected chi connectivity index (χ4v) is 4.86. The fraction of sp³-hybridized carbons (Fsp3) is 0.368. The van der Waals surface area contributed by atoms with E-state index >= 15 is 0 Å². The zero-order chi connectivity index (χ0) is 19.3. The monoisotopic (exact) mass is 454 g/mol. The van der Waals surface area contributed by atoms with E-state index in [-0.39, 0.29) is 17.5 Å². The summed E-state index contributed by atoms with van der Waals surface area (Å²) in [4.78, 5) is 2.45. The summed E-state index contributed by atoms with van der Waals surface area (Å²) in [7, 11) is -2.10. The minimum absolute atomic E-state index is 0.0495. The zero-order valence-corrected chi connectivity index (χ0v) is 17.5. The predicted molar refractivity (Wildman–Crippen MR) is 107 cm³/mol. The Labute approximate surface area is 168 Å². The number of methoxy groups -OCH3 is 1. The molecular weight excluding hydrogens is 432 g/mol. The number of benzene rings is 2. The lowest BCUT2D eigenvalue weighted by Crippen LogP contribution is -2.43. The number of hydrogen-bond acceptors (Lipinski definition) is 5. The van der Waals surface area contributed by atoms with Gasteiger partial charge < -0.3 is 9.47 Å². The van der Waals surface area contributed by atoms with Crippen molar-refractivity contribution in [3.05, 3.63) is 58.6 Å². The number of rotatable bonds is 7. The summed E-state index contributed by atoms with van der Waals surface area (Å²) in [6.07, 6.45) is 0. The minimum atomic E-state index is -3.64. The second-order valence-electron chi connectivity index (χ2n) is 6.22. The molecule has 1 saturated heterocycles. The van der Waals surface area contributed by atoms with Crippen LogP contribution in [-0.4, -0.2) is 53.3 Å². The summed E-state index contributed by atoms with van der Waals surface area (Å²) in [5.74, 6) is 0.587. The number of halogens is 1. The van der Waals surface area contributed by atoms with E-state index in [0.29, 0.717) is 23.4 Å². The first-order valence-corrected chi connectivity index (χ1v) is 11.0. The molecule has 0 spiro atoms. The maximum Gasteiger partial charge on any atom is 0.240 e. The van der Waals surface area contributed by atoms with Crippen LogP contribution in [0.5, 0.6) is 5.75 Å². The molecule has 1 aliphatic heterocycles. The van der Waals surface area contributed by atoms with E-state index < -0.39 is 10.0 Å². The molecule has 0 amide bonds. The first-order valence-electron chi connectivity index (χ1n) is 8.71. The summed E-state index contributed by atoms with van der Waals surface area (Å²) in [5, 5.41) is 0. The van der Waals surface area contributed by atoms with Gasteiger partial charge in [0, 0.05) is 25.7 Å². The molecule has 1 fully saturated rings. The van der Waals surface area contributed by atoms with Crippen LogP contribution in [0.2, 0.25) is 0 Å². The molecule has 2 aromatic rings. The van der Waals surface area contributed by atoms with Crippen LogP contribution in [0.15, 0.2) is 57.9 Å². The van der Waals surface area contributed by atoms with Crippen molar-refractivity contribution in [2.75, 3.05) is 40.0 Å². The molecule has 0 saturated carbocycles. The molecule has 1 aliphatic rings. The molecule has 0 bridgehead atoms. The van der Waals surface area contributed by atoms with E-state index in [9.17, 15) is 8.42 Å². The standard InChI is InChI=1S/C19H23BrN2O4S/c1-25-19-8-7-16(13-17(19)20)27(23,24)21-14-18(15-5-3-2-4-6-15)22-9-11-26-12-10-22/h2-8,13,18,21H,9-12,14H2,1H3. The van der Waals surface area contributed by atoms with Gasteiger partial charge in [-0.05, 0) is 39.7 Å². The Balaban J connectivity index is 1.78. The molecule has 1 unspecified atom stereocenters. The SMILES string of the molecule is COc1ccc(S(=O)(=O)NCC(c2ccccc2)N2CCOCC2)cc1Br. The molecular formula is C19H23BrN2O4S. The molecule has 1 atom stereocenters. The van der Waals surface area contributed by atoms with Crippen molar-refractivity contribution < 1.29 is 17.9 Å². The van der Waals surface area contributed by atoms with Crippen molar-refractivity contribution in [2.45, 2.75) is 10.9 Å². The van der Waals surface area contributed by atoms with Gasteiger partial charge >= 0.3 is 0 Å². The molecule has 27 heavy (non-hydrogen) atoms. The van der Waals surface area contributed by atoms with E-state index in [4.69, 9.17) is 9.47 Å². The highest BCUT2D eigenvalue weighted by atomic mass is 79.9. The van der Waals surface area contributed by atoms with Crippen LogP contribution < -0.4 is 9.46 Å². The van der Waals surface area contributed by atoms with Crippen molar-refractivity contribution in [3.8, 4) is 5.75 Å². The molecule has 2 aromatic carbocycles. The molecule has 146 valence electrons. The van der Waals surface area contributed by atoms with Crippen LogP contribution in [0.4, 0.5) is 0 Å². The predicted octanol–water partition coefficient (Wildman–Crippen LogP) is 2.81. The number of ether oxygens (including phenoxy) is 2. The van der Waals surface area contributed by atoms with Gasteiger partial charge in [0.15, 0.2) is 0 Å². The second kappa shape index (κ2) is 9.16. The summed E-state index contributed by atoms with van der Waals surface area (Å²) in [5.41, 5.74) is 1.08. The molecule has 1 heterocycles. The third kappa shape index (κ3) is 5.08. The van der Waals surface area contributed by atoms with Crippen LogP contribution in [0.25, 0.3) is 0 Å². The van der Waals surface area contributed by atoms with Crippen molar-refractivity contribution in [1.82, 2.24) is 9.62 Å². The van der Waals surface area contributed by atoms with Gasteiger partial charge in [0.05, 0.1) is 29.7 Å². The normalized spacial score (nSPS) is 16.8.